The van der Waals surface area contributed by atoms with E-state index >= 15 is 0 Å². The number of pyridine rings is 1. The molecule has 0 saturated heterocycles. The molecule has 0 unspecified atom stereocenters. The predicted octanol–water partition coefficient (Wildman–Crippen LogP) is 5.43. The highest BCUT2D eigenvalue weighted by Gasteiger charge is 2.14. The molecule has 5 nitrogen and oxygen atoms in total. The first-order valence-corrected chi connectivity index (χ1v) is 8.79. The fourth-order valence-corrected chi connectivity index (χ4v) is 3.18. The van der Waals surface area contributed by atoms with Crippen molar-refractivity contribution in [2.75, 3.05) is 0 Å². The highest BCUT2D eigenvalue weighted by molar-refractivity contribution is 6.31. The number of benzene rings is 2. The molecular weight excluding hydrogens is 387 g/mol. The van der Waals surface area contributed by atoms with E-state index in [4.69, 9.17) is 23.2 Å². The third kappa shape index (κ3) is 4.32. The van der Waals surface area contributed by atoms with Crippen LogP contribution < -0.4 is 0 Å². The van der Waals surface area contributed by atoms with Gasteiger partial charge in [0.05, 0.1) is 9.95 Å². The van der Waals surface area contributed by atoms with Gasteiger partial charge in [0.15, 0.2) is 5.78 Å². The van der Waals surface area contributed by atoms with Gasteiger partial charge in [-0.1, -0.05) is 47.5 Å². The Bertz CT molecular complexity index is 993. The van der Waals surface area contributed by atoms with Crippen molar-refractivity contribution in [2.45, 2.75) is 13.3 Å². The van der Waals surface area contributed by atoms with Crippen LogP contribution in [0.4, 0.5) is 5.69 Å². The second kappa shape index (κ2) is 7.86. The molecule has 3 rings (SSSR count). The molecule has 0 atom stereocenters. The Kier molecular flexibility index (Phi) is 5.54. The van der Waals surface area contributed by atoms with Gasteiger partial charge in [-0.15, -0.1) is 0 Å². The van der Waals surface area contributed by atoms with Crippen molar-refractivity contribution in [3.8, 4) is 0 Å². The molecule has 0 spiro atoms. The van der Waals surface area contributed by atoms with Gasteiger partial charge in [0.2, 0.25) is 0 Å². The van der Waals surface area contributed by atoms with Crippen LogP contribution in [-0.4, -0.2) is 15.7 Å². The number of ketones is 1. The molecule has 1 heterocycles. The van der Waals surface area contributed by atoms with Gasteiger partial charge < -0.3 is 0 Å². The number of hydrogen-bond donors (Lipinski definition) is 0. The fourth-order valence-electron chi connectivity index (χ4n) is 2.74. The number of carbonyl (C=O) groups is 1. The number of nitro groups is 1. The second-order valence-electron chi connectivity index (χ2n) is 6.05. The molecule has 0 fully saturated rings. The Balaban J connectivity index is 1.81. The average Bonchev–Trinajstić information content (AvgIpc) is 2.65. The molecule has 0 saturated carbocycles. The maximum absolute atomic E-state index is 12.5. The summed E-state index contributed by atoms with van der Waals surface area (Å²) in [4.78, 5) is 26.8. The van der Waals surface area contributed by atoms with E-state index in [-0.39, 0.29) is 11.5 Å². The van der Waals surface area contributed by atoms with Crippen LogP contribution in [0.5, 0.6) is 0 Å². The van der Waals surface area contributed by atoms with E-state index in [1.807, 2.05) is 12.1 Å². The maximum atomic E-state index is 12.5. The van der Waals surface area contributed by atoms with Crippen molar-refractivity contribution in [1.29, 1.82) is 0 Å². The summed E-state index contributed by atoms with van der Waals surface area (Å²) in [5, 5.41) is 11.6. The van der Waals surface area contributed by atoms with Crippen molar-refractivity contribution in [3.05, 3.63) is 103 Å². The predicted molar refractivity (Wildman–Crippen MR) is 105 cm³/mol. The van der Waals surface area contributed by atoms with Gasteiger partial charge >= 0.3 is 0 Å². The molecule has 0 N–H and O–H groups in total. The number of non-ortho nitro benzene ring substituents is 1. The molecule has 7 heteroatoms. The summed E-state index contributed by atoms with van der Waals surface area (Å²) in [6, 6.07) is 13.2. The molecule has 1 aromatic heterocycles. The minimum absolute atomic E-state index is 0.0289. The summed E-state index contributed by atoms with van der Waals surface area (Å²) in [6.45, 7) is 1.79. The molecule has 0 bridgehead atoms. The van der Waals surface area contributed by atoms with Gasteiger partial charge in [0, 0.05) is 29.5 Å². The van der Waals surface area contributed by atoms with Crippen molar-refractivity contribution < 1.29 is 9.72 Å². The molecule has 0 aliphatic rings. The molecule has 0 radical (unpaired) electrons. The molecular formula is C20H14Cl2N2O3. The maximum Gasteiger partial charge on any atom is 0.271 e. The Morgan fingerprint density at radius 3 is 2.30 bits per heavy atom. The summed E-state index contributed by atoms with van der Waals surface area (Å²) in [5.74, 6) is -0.143. The molecule has 136 valence electrons. The largest absolute Gasteiger partial charge is 0.289 e. The zero-order chi connectivity index (χ0) is 19.6. The molecule has 3 aromatic rings. The summed E-state index contributed by atoms with van der Waals surface area (Å²) >= 11 is 12.0. The van der Waals surface area contributed by atoms with Crippen LogP contribution in [0.15, 0.2) is 54.7 Å². The number of halogens is 2. The van der Waals surface area contributed by atoms with Crippen LogP contribution >= 0.6 is 23.2 Å². The van der Waals surface area contributed by atoms with E-state index in [1.54, 1.807) is 31.2 Å². The van der Waals surface area contributed by atoms with Crippen molar-refractivity contribution in [1.82, 2.24) is 4.98 Å². The van der Waals surface area contributed by atoms with Crippen LogP contribution in [0.3, 0.4) is 0 Å². The number of hydrogen-bond acceptors (Lipinski definition) is 4. The second-order valence-corrected chi connectivity index (χ2v) is 6.85. The Hall–Kier alpha value is -2.76. The zero-order valence-corrected chi connectivity index (χ0v) is 15.8. The van der Waals surface area contributed by atoms with Gasteiger partial charge in [-0.3, -0.25) is 14.9 Å². The van der Waals surface area contributed by atoms with Gasteiger partial charge in [0.25, 0.3) is 5.69 Å². The summed E-state index contributed by atoms with van der Waals surface area (Å²) < 4.78 is 0. The van der Waals surface area contributed by atoms with Crippen LogP contribution in [-0.2, 0) is 6.42 Å². The Morgan fingerprint density at radius 1 is 1.07 bits per heavy atom. The van der Waals surface area contributed by atoms with Crippen LogP contribution in [0.1, 0.15) is 32.6 Å². The fraction of sp³-hybridized carbons (Fsp3) is 0.100. The van der Waals surface area contributed by atoms with Gasteiger partial charge in [-0.25, -0.2) is 4.98 Å². The normalized spacial score (nSPS) is 10.6. The Labute approximate surface area is 165 Å². The van der Waals surface area contributed by atoms with Crippen molar-refractivity contribution in [3.63, 3.8) is 0 Å². The third-order valence-corrected chi connectivity index (χ3v) is 4.76. The monoisotopic (exact) mass is 400 g/mol. The smallest absolute Gasteiger partial charge is 0.271 e. The quantitative estimate of drug-likeness (QED) is 0.247. The van der Waals surface area contributed by atoms with E-state index in [0.717, 1.165) is 16.7 Å². The molecule has 0 aliphatic carbocycles. The lowest BCUT2D eigenvalue weighted by Gasteiger charge is -2.09. The number of nitrogens with zero attached hydrogens (tertiary/aromatic N) is 2. The number of aromatic nitrogens is 1. The topological polar surface area (TPSA) is 73.1 Å². The van der Waals surface area contributed by atoms with Gasteiger partial charge in [-0.2, -0.15) is 0 Å². The lowest BCUT2D eigenvalue weighted by molar-refractivity contribution is -0.384. The number of aryl methyl sites for hydroxylation is 1. The lowest BCUT2D eigenvalue weighted by Crippen LogP contribution is -2.02. The molecule has 27 heavy (non-hydrogen) atoms. The molecule has 0 aliphatic heterocycles. The van der Waals surface area contributed by atoms with Gasteiger partial charge in [-0.05, 0) is 42.2 Å². The number of carbonyl (C=O) groups excluding carboxylic acids is 1. The molecule has 0 amide bonds. The molecule has 2 aromatic carbocycles. The average molecular weight is 401 g/mol. The van der Waals surface area contributed by atoms with E-state index in [9.17, 15) is 14.9 Å². The first-order valence-electron chi connectivity index (χ1n) is 8.04. The number of rotatable bonds is 5. The standard InChI is InChI=1S/C20H14Cl2N2O3/c1-12-8-16(24(26)27)10-18(21)17(12)9-13-2-4-14(5-3-13)20(25)15-6-7-19(22)23-11-15/h2-8,10-11H,9H2,1H3. The minimum Gasteiger partial charge on any atom is -0.289 e. The minimum atomic E-state index is -0.464. The van der Waals surface area contributed by atoms with Crippen LogP contribution in [0.2, 0.25) is 10.2 Å². The van der Waals surface area contributed by atoms with Crippen LogP contribution in [0, 0.1) is 17.0 Å². The first kappa shape index (κ1) is 19.0. The summed E-state index contributed by atoms with van der Waals surface area (Å²) in [6.07, 6.45) is 1.96. The summed E-state index contributed by atoms with van der Waals surface area (Å²) in [5.41, 5.74) is 3.49. The van der Waals surface area contributed by atoms with E-state index in [1.165, 1.54) is 18.3 Å². The third-order valence-electron chi connectivity index (χ3n) is 4.20. The van der Waals surface area contributed by atoms with Crippen LogP contribution in [0.25, 0.3) is 0 Å². The van der Waals surface area contributed by atoms with E-state index < -0.39 is 4.92 Å². The van der Waals surface area contributed by atoms with Crippen molar-refractivity contribution >= 4 is 34.7 Å². The van der Waals surface area contributed by atoms with Crippen molar-refractivity contribution in [2.24, 2.45) is 0 Å². The first-order chi connectivity index (χ1) is 12.8. The summed E-state index contributed by atoms with van der Waals surface area (Å²) in [7, 11) is 0. The van der Waals surface area contributed by atoms with E-state index in [0.29, 0.717) is 27.7 Å². The number of nitro benzene ring substituents is 1. The highest BCUT2D eigenvalue weighted by Crippen LogP contribution is 2.28. The van der Waals surface area contributed by atoms with Gasteiger partial charge in [0.1, 0.15) is 5.15 Å². The van der Waals surface area contributed by atoms with E-state index in [2.05, 4.69) is 4.98 Å². The zero-order valence-electron chi connectivity index (χ0n) is 14.3. The highest BCUT2D eigenvalue weighted by atomic mass is 35.5. The Morgan fingerprint density at radius 2 is 1.74 bits per heavy atom. The SMILES string of the molecule is Cc1cc([N+](=O)[O-])cc(Cl)c1Cc1ccc(C(=O)c2ccc(Cl)nc2)cc1. The lowest BCUT2D eigenvalue weighted by atomic mass is 9.97.